The minimum Gasteiger partial charge on any atom is -0.493 e. The van der Waals surface area contributed by atoms with Gasteiger partial charge in [0.1, 0.15) is 5.75 Å². The zero-order valence-electron chi connectivity index (χ0n) is 14.4. The maximum atomic E-state index is 5.93. The van der Waals surface area contributed by atoms with Gasteiger partial charge in [-0.3, -0.25) is 0 Å². The largest absolute Gasteiger partial charge is 0.493 e. The minimum atomic E-state index is 0.530. The van der Waals surface area contributed by atoms with Gasteiger partial charge in [-0.05, 0) is 43.9 Å². The van der Waals surface area contributed by atoms with E-state index in [0.29, 0.717) is 5.92 Å². The average Bonchev–Trinajstić information content (AvgIpc) is 2.45. The van der Waals surface area contributed by atoms with E-state index in [-0.39, 0.29) is 0 Å². The molecule has 0 bridgehead atoms. The summed E-state index contributed by atoms with van der Waals surface area (Å²) in [5.74, 6) is 1.51. The smallest absolute Gasteiger partial charge is 0.124 e. The summed E-state index contributed by atoms with van der Waals surface area (Å²) < 4.78 is 5.93. The molecule has 2 aromatic rings. The maximum absolute atomic E-state index is 5.93. The van der Waals surface area contributed by atoms with Gasteiger partial charge in [0.05, 0.1) is 6.61 Å². The molecule has 2 rings (SSSR count). The van der Waals surface area contributed by atoms with Crippen LogP contribution in [0.4, 0.5) is 5.69 Å². The highest BCUT2D eigenvalue weighted by Gasteiger charge is 2.07. The Hall–Kier alpha value is -1.96. The molecular formula is C20H27NO. The fraction of sp³-hybridized carbons (Fsp3) is 0.400. The number of rotatable bonds is 6. The molecule has 118 valence electrons. The summed E-state index contributed by atoms with van der Waals surface area (Å²) in [6.45, 7) is 12.3. The lowest BCUT2D eigenvalue weighted by atomic mass is 10.0. The molecule has 0 amide bonds. The molecule has 0 aromatic heterocycles. The number of anilines is 1. The van der Waals surface area contributed by atoms with Crippen molar-refractivity contribution in [2.24, 2.45) is 5.92 Å². The molecule has 0 radical (unpaired) electrons. The number of ether oxygens (including phenoxy) is 1. The molecule has 0 spiro atoms. The summed E-state index contributed by atoms with van der Waals surface area (Å²) in [5, 5.41) is 3.57. The monoisotopic (exact) mass is 297 g/mol. The second kappa shape index (κ2) is 7.35. The van der Waals surface area contributed by atoms with Crippen molar-refractivity contribution in [1.29, 1.82) is 0 Å². The lowest BCUT2D eigenvalue weighted by Crippen LogP contribution is -2.09. The number of hydrogen-bond donors (Lipinski definition) is 1. The third-order valence-corrected chi connectivity index (χ3v) is 3.68. The van der Waals surface area contributed by atoms with Crippen LogP contribution in [0.5, 0.6) is 5.75 Å². The first kappa shape index (κ1) is 16.4. The highest BCUT2D eigenvalue weighted by atomic mass is 16.5. The van der Waals surface area contributed by atoms with Gasteiger partial charge in [-0.1, -0.05) is 49.7 Å². The van der Waals surface area contributed by atoms with E-state index in [9.17, 15) is 0 Å². The zero-order valence-corrected chi connectivity index (χ0v) is 14.4. The molecule has 2 nitrogen and oxygen atoms in total. The lowest BCUT2D eigenvalue weighted by Gasteiger charge is -2.17. The third kappa shape index (κ3) is 4.27. The van der Waals surface area contributed by atoms with Crippen LogP contribution in [-0.4, -0.2) is 6.61 Å². The van der Waals surface area contributed by atoms with Crippen LogP contribution < -0.4 is 10.1 Å². The number of aryl methyl sites for hydroxylation is 3. The Kier molecular flexibility index (Phi) is 5.48. The predicted octanol–water partition coefficient (Wildman–Crippen LogP) is 5.26. The highest BCUT2D eigenvalue weighted by molar-refractivity contribution is 5.58. The Labute approximate surface area is 134 Å². The van der Waals surface area contributed by atoms with E-state index in [1.807, 2.05) is 12.1 Å². The summed E-state index contributed by atoms with van der Waals surface area (Å²) in [5.41, 5.74) is 6.31. The molecule has 0 heterocycles. The lowest BCUT2D eigenvalue weighted by molar-refractivity contribution is 0.269. The summed E-state index contributed by atoms with van der Waals surface area (Å²) in [6.07, 6.45) is 0. The zero-order chi connectivity index (χ0) is 16.1. The first-order chi connectivity index (χ1) is 10.5. The number of para-hydroxylation sites is 1. The van der Waals surface area contributed by atoms with Gasteiger partial charge >= 0.3 is 0 Å². The van der Waals surface area contributed by atoms with Gasteiger partial charge in [-0.25, -0.2) is 0 Å². The second-order valence-corrected chi connectivity index (χ2v) is 6.44. The van der Waals surface area contributed by atoms with Crippen LogP contribution in [0.25, 0.3) is 0 Å². The van der Waals surface area contributed by atoms with Crippen molar-refractivity contribution in [3.8, 4) is 5.75 Å². The average molecular weight is 297 g/mol. The molecular weight excluding hydrogens is 270 g/mol. The van der Waals surface area contributed by atoms with Crippen molar-refractivity contribution >= 4 is 5.69 Å². The fourth-order valence-corrected chi connectivity index (χ4v) is 2.69. The molecule has 0 aliphatic rings. The Bertz CT molecular complexity index is 608. The van der Waals surface area contributed by atoms with E-state index in [0.717, 1.165) is 18.9 Å². The Morgan fingerprint density at radius 3 is 2.27 bits per heavy atom. The first-order valence-corrected chi connectivity index (χ1v) is 7.99. The van der Waals surface area contributed by atoms with Gasteiger partial charge in [0.2, 0.25) is 0 Å². The van der Waals surface area contributed by atoms with Crippen LogP contribution in [0.15, 0.2) is 36.4 Å². The SMILES string of the molecule is Cc1cc(C)c(NCc2ccccc2OCC(C)C)c(C)c1. The van der Waals surface area contributed by atoms with E-state index in [2.05, 4.69) is 64.2 Å². The number of nitrogens with one attached hydrogen (secondary N) is 1. The van der Waals surface area contributed by atoms with E-state index in [1.165, 1.54) is 27.9 Å². The molecule has 2 aromatic carbocycles. The topological polar surface area (TPSA) is 21.3 Å². The van der Waals surface area contributed by atoms with Gasteiger partial charge in [0.15, 0.2) is 0 Å². The summed E-state index contributed by atoms with van der Waals surface area (Å²) in [7, 11) is 0. The quantitative estimate of drug-likeness (QED) is 0.785. The molecule has 0 saturated heterocycles. The normalized spacial score (nSPS) is 10.8. The van der Waals surface area contributed by atoms with Crippen molar-refractivity contribution in [2.75, 3.05) is 11.9 Å². The Balaban J connectivity index is 2.12. The van der Waals surface area contributed by atoms with Crippen LogP contribution in [0, 0.1) is 26.7 Å². The van der Waals surface area contributed by atoms with E-state index in [4.69, 9.17) is 4.74 Å². The van der Waals surface area contributed by atoms with E-state index < -0.39 is 0 Å². The van der Waals surface area contributed by atoms with E-state index in [1.54, 1.807) is 0 Å². The second-order valence-electron chi connectivity index (χ2n) is 6.44. The molecule has 0 aliphatic heterocycles. The fourth-order valence-electron chi connectivity index (χ4n) is 2.69. The van der Waals surface area contributed by atoms with Gasteiger partial charge in [0, 0.05) is 17.8 Å². The van der Waals surface area contributed by atoms with Crippen molar-refractivity contribution < 1.29 is 4.74 Å². The Morgan fingerprint density at radius 1 is 1.00 bits per heavy atom. The van der Waals surface area contributed by atoms with Crippen molar-refractivity contribution in [3.63, 3.8) is 0 Å². The van der Waals surface area contributed by atoms with Gasteiger partial charge in [-0.2, -0.15) is 0 Å². The van der Waals surface area contributed by atoms with Crippen molar-refractivity contribution in [3.05, 3.63) is 58.7 Å². The van der Waals surface area contributed by atoms with Crippen LogP contribution in [0.3, 0.4) is 0 Å². The van der Waals surface area contributed by atoms with Gasteiger partial charge < -0.3 is 10.1 Å². The Morgan fingerprint density at radius 2 is 1.64 bits per heavy atom. The number of benzene rings is 2. The molecule has 0 unspecified atom stereocenters. The molecule has 0 saturated carbocycles. The summed E-state index contributed by atoms with van der Waals surface area (Å²) >= 11 is 0. The van der Waals surface area contributed by atoms with E-state index >= 15 is 0 Å². The third-order valence-electron chi connectivity index (χ3n) is 3.68. The molecule has 0 fully saturated rings. The summed E-state index contributed by atoms with van der Waals surface area (Å²) in [6, 6.07) is 12.7. The van der Waals surface area contributed by atoms with Gasteiger partial charge in [0.25, 0.3) is 0 Å². The van der Waals surface area contributed by atoms with Gasteiger partial charge in [-0.15, -0.1) is 0 Å². The maximum Gasteiger partial charge on any atom is 0.124 e. The summed E-state index contributed by atoms with van der Waals surface area (Å²) in [4.78, 5) is 0. The first-order valence-electron chi connectivity index (χ1n) is 7.99. The minimum absolute atomic E-state index is 0.530. The molecule has 22 heavy (non-hydrogen) atoms. The van der Waals surface area contributed by atoms with Crippen LogP contribution in [0.2, 0.25) is 0 Å². The predicted molar refractivity (Wildman–Crippen MR) is 94.8 cm³/mol. The molecule has 0 aliphatic carbocycles. The van der Waals surface area contributed by atoms with Crippen molar-refractivity contribution in [2.45, 2.75) is 41.2 Å². The van der Waals surface area contributed by atoms with Crippen LogP contribution >= 0.6 is 0 Å². The molecule has 0 atom stereocenters. The molecule has 1 N–H and O–H groups in total. The van der Waals surface area contributed by atoms with Crippen LogP contribution in [-0.2, 0) is 6.54 Å². The van der Waals surface area contributed by atoms with Crippen molar-refractivity contribution in [1.82, 2.24) is 0 Å². The van der Waals surface area contributed by atoms with Crippen LogP contribution in [0.1, 0.15) is 36.1 Å². The standard InChI is InChI=1S/C20H27NO/c1-14(2)13-22-19-9-7-6-8-18(19)12-21-20-16(4)10-15(3)11-17(20)5/h6-11,14,21H,12-13H2,1-5H3. The highest BCUT2D eigenvalue weighted by Crippen LogP contribution is 2.25. The molecule has 2 heteroatoms. The number of hydrogen-bond acceptors (Lipinski definition) is 2.